The van der Waals surface area contributed by atoms with Crippen LogP contribution in [0.5, 0.6) is 5.75 Å². The van der Waals surface area contributed by atoms with Crippen LogP contribution in [0.3, 0.4) is 0 Å². The Morgan fingerprint density at radius 3 is 2.35 bits per heavy atom. The van der Waals surface area contributed by atoms with Crippen LogP contribution in [0, 0.1) is 3.57 Å². The van der Waals surface area contributed by atoms with Crippen LogP contribution in [0.2, 0.25) is 0 Å². The fourth-order valence-electron chi connectivity index (χ4n) is 1.90. The monoisotopic (exact) mass is 446 g/mol. The molecule has 1 unspecified atom stereocenters. The summed E-state index contributed by atoms with van der Waals surface area (Å²) in [6, 6.07) is 13.5. The summed E-state index contributed by atoms with van der Waals surface area (Å²) in [5, 5.41) is 10.5. The van der Waals surface area contributed by atoms with E-state index in [2.05, 4.69) is 38.5 Å². The molecular weight excluding hydrogens is 431 g/mol. The molecule has 0 saturated carbocycles. The van der Waals surface area contributed by atoms with Gasteiger partial charge >= 0.3 is 0 Å². The van der Waals surface area contributed by atoms with Crippen LogP contribution in [-0.4, -0.2) is 11.2 Å². The van der Waals surface area contributed by atoms with Crippen molar-refractivity contribution in [3.63, 3.8) is 0 Å². The summed E-state index contributed by atoms with van der Waals surface area (Å²) in [5.74, 6) is 0.817. The van der Waals surface area contributed by atoms with E-state index in [9.17, 15) is 5.11 Å². The smallest absolute Gasteiger partial charge is 0.119 e. The minimum absolute atomic E-state index is 0.149. The quantitative estimate of drug-likeness (QED) is 0.675. The van der Waals surface area contributed by atoms with Crippen molar-refractivity contribution in [1.82, 2.24) is 0 Å². The van der Waals surface area contributed by atoms with Gasteiger partial charge in [0.1, 0.15) is 11.9 Å². The lowest BCUT2D eigenvalue weighted by molar-refractivity contribution is 0.218. The van der Waals surface area contributed by atoms with Gasteiger partial charge in [0.05, 0.1) is 6.10 Å². The highest BCUT2D eigenvalue weighted by Crippen LogP contribution is 2.30. The van der Waals surface area contributed by atoms with Crippen molar-refractivity contribution < 1.29 is 9.84 Å². The molecule has 1 N–H and O–H groups in total. The Balaban J connectivity index is 2.24. The first-order valence-corrected chi connectivity index (χ1v) is 8.24. The molecule has 106 valence electrons. The van der Waals surface area contributed by atoms with Crippen LogP contribution < -0.4 is 4.74 Å². The van der Waals surface area contributed by atoms with Crippen molar-refractivity contribution in [3.8, 4) is 5.75 Å². The van der Waals surface area contributed by atoms with Crippen LogP contribution in [0.4, 0.5) is 0 Å². The molecule has 0 bridgehead atoms. The van der Waals surface area contributed by atoms with E-state index in [1.54, 1.807) is 0 Å². The number of hydrogen-bond donors (Lipinski definition) is 1. The minimum Gasteiger partial charge on any atom is -0.491 e. The van der Waals surface area contributed by atoms with E-state index < -0.39 is 6.10 Å². The van der Waals surface area contributed by atoms with E-state index >= 15 is 0 Å². The van der Waals surface area contributed by atoms with E-state index in [4.69, 9.17) is 4.74 Å². The SMILES string of the molecule is CC(C)Oc1ccc(C(O)c2cc(I)ccc2Br)cc1. The molecule has 2 rings (SSSR count). The first kappa shape index (κ1) is 15.8. The Kier molecular flexibility index (Phi) is 5.46. The number of benzene rings is 2. The second kappa shape index (κ2) is 6.91. The average molecular weight is 447 g/mol. The van der Waals surface area contributed by atoms with Gasteiger partial charge in [-0.1, -0.05) is 28.1 Å². The van der Waals surface area contributed by atoms with Crippen LogP contribution in [0.25, 0.3) is 0 Å². The van der Waals surface area contributed by atoms with E-state index in [1.807, 2.05) is 56.3 Å². The maximum absolute atomic E-state index is 10.5. The molecule has 0 heterocycles. The van der Waals surface area contributed by atoms with E-state index in [0.29, 0.717) is 0 Å². The standard InChI is InChI=1S/C16H16BrIO2/c1-10(2)20-13-6-3-11(4-7-13)16(19)14-9-12(18)5-8-15(14)17/h3-10,16,19H,1-2H3. The molecule has 0 spiro atoms. The first-order valence-electron chi connectivity index (χ1n) is 6.37. The van der Waals surface area contributed by atoms with Crippen molar-refractivity contribution in [3.05, 3.63) is 61.6 Å². The van der Waals surface area contributed by atoms with Crippen molar-refractivity contribution in [2.75, 3.05) is 0 Å². The Morgan fingerprint density at radius 2 is 1.75 bits per heavy atom. The molecule has 2 aromatic rings. The molecule has 0 aliphatic rings. The molecule has 0 aliphatic carbocycles. The van der Waals surface area contributed by atoms with Crippen LogP contribution in [0.15, 0.2) is 46.9 Å². The van der Waals surface area contributed by atoms with Gasteiger partial charge in [0, 0.05) is 13.6 Å². The number of aliphatic hydroxyl groups is 1. The predicted octanol–water partition coefficient (Wildman–Crippen LogP) is 4.92. The van der Waals surface area contributed by atoms with Crippen LogP contribution >= 0.6 is 38.5 Å². The predicted molar refractivity (Wildman–Crippen MR) is 93.1 cm³/mol. The third-order valence-electron chi connectivity index (χ3n) is 2.82. The molecule has 2 nitrogen and oxygen atoms in total. The zero-order chi connectivity index (χ0) is 14.7. The molecule has 0 saturated heterocycles. The highest BCUT2D eigenvalue weighted by molar-refractivity contribution is 14.1. The summed E-state index contributed by atoms with van der Waals surface area (Å²) in [6.07, 6.45) is -0.497. The molecule has 0 amide bonds. The molecule has 1 atom stereocenters. The molecule has 0 aromatic heterocycles. The summed E-state index contributed by atoms with van der Waals surface area (Å²) in [6.45, 7) is 3.98. The van der Waals surface area contributed by atoms with Gasteiger partial charge in [-0.3, -0.25) is 0 Å². The lowest BCUT2D eigenvalue weighted by Gasteiger charge is -2.15. The highest BCUT2D eigenvalue weighted by Gasteiger charge is 2.14. The summed E-state index contributed by atoms with van der Waals surface area (Å²) < 4.78 is 7.61. The maximum atomic E-state index is 10.5. The number of halogens is 2. The normalized spacial score (nSPS) is 12.5. The molecule has 20 heavy (non-hydrogen) atoms. The molecule has 4 heteroatoms. The number of aliphatic hydroxyl groups excluding tert-OH is 1. The lowest BCUT2D eigenvalue weighted by atomic mass is 10.0. The largest absolute Gasteiger partial charge is 0.491 e. The third-order valence-corrected chi connectivity index (χ3v) is 4.21. The number of ether oxygens (including phenoxy) is 1. The Hall–Kier alpha value is -0.590. The maximum Gasteiger partial charge on any atom is 0.119 e. The van der Waals surface area contributed by atoms with E-state index in [1.165, 1.54) is 0 Å². The highest BCUT2D eigenvalue weighted by atomic mass is 127. The third kappa shape index (κ3) is 3.96. The van der Waals surface area contributed by atoms with Gasteiger partial charge in [-0.25, -0.2) is 0 Å². The summed E-state index contributed by atoms with van der Waals surface area (Å²) >= 11 is 5.73. The number of hydrogen-bond acceptors (Lipinski definition) is 2. The topological polar surface area (TPSA) is 29.5 Å². The summed E-state index contributed by atoms with van der Waals surface area (Å²) in [5.41, 5.74) is 1.72. The van der Waals surface area contributed by atoms with Gasteiger partial charge in [0.15, 0.2) is 0 Å². The van der Waals surface area contributed by atoms with Gasteiger partial charge in [0.25, 0.3) is 0 Å². The zero-order valence-electron chi connectivity index (χ0n) is 11.3. The van der Waals surface area contributed by atoms with Crippen LogP contribution in [-0.2, 0) is 0 Å². The Bertz CT molecular complexity index is 582. The number of rotatable bonds is 4. The molecule has 2 aromatic carbocycles. The lowest BCUT2D eigenvalue weighted by Crippen LogP contribution is -2.06. The minimum atomic E-state index is -0.646. The van der Waals surface area contributed by atoms with Gasteiger partial charge in [0.2, 0.25) is 0 Å². The van der Waals surface area contributed by atoms with E-state index in [0.717, 1.165) is 24.9 Å². The second-order valence-electron chi connectivity index (χ2n) is 4.80. The second-order valence-corrected chi connectivity index (χ2v) is 6.90. The van der Waals surface area contributed by atoms with E-state index in [-0.39, 0.29) is 6.10 Å². The van der Waals surface area contributed by atoms with Gasteiger partial charge in [-0.2, -0.15) is 0 Å². The Labute approximate surface area is 141 Å². The molecule has 0 radical (unpaired) electrons. The first-order chi connectivity index (χ1) is 9.47. The zero-order valence-corrected chi connectivity index (χ0v) is 15.1. The van der Waals surface area contributed by atoms with Crippen molar-refractivity contribution in [2.45, 2.75) is 26.1 Å². The fourth-order valence-corrected chi connectivity index (χ4v) is 2.88. The summed E-state index contributed by atoms with van der Waals surface area (Å²) in [7, 11) is 0. The van der Waals surface area contributed by atoms with Crippen molar-refractivity contribution >= 4 is 38.5 Å². The van der Waals surface area contributed by atoms with Crippen molar-refractivity contribution in [2.24, 2.45) is 0 Å². The molecule has 0 fully saturated rings. The van der Waals surface area contributed by atoms with Crippen LogP contribution in [0.1, 0.15) is 31.1 Å². The van der Waals surface area contributed by atoms with Gasteiger partial charge in [-0.15, -0.1) is 0 Å². The summed E-state index contributed by atoms with van der Waals surface area (Å²) in [4.78, 5) is 0. The average Bonchev–Trinajstić information content (AvgIpc) is 2.41. The fraction of sp³-hybridized carbons (Fsp3) is 0.250. The molecule has 0 aliphatic heterocycles. The Morgan fingerprint density at radius 1 is 1.10 bits per heavy atom. The van der Waals surface area contributed by atoms with Gasteiger partial charge in [-0.05, 0) is 72.3 Å². The molecular formula is C16H16BrIO2. The van der Waals surface area contributed by atoms with Crippen molar-refractivity contribution in [1.29, 1.82) is 0 Å². The van der Waals surface area contributed by atoms with Gasteiger partial charge < -0.3 is 9.84 Å².